The van der Waals surface area contributed by atoms with Crippen LogP contribution in [0.5, 0.6) is 0 Å². The van der Waals surface area contributed by atoms with E-state index in [1.165, 1.54) is 16.7 Å². The lowest BCUT2D eigenvalue weighted by molar-refractivity contribution is -0.123. The van der Waals surface area contributed by atoms with E-state index in [0.717, 1.165) is 19.3 Å². The van der Waals surface area contributed by atoms with Gasteiger partial charge in [0.2, 0.25) is 5.91 Å². The van der Waals surface area contributed by atoms with Gasteiger partial charge in [-0.05, 0) is 36.0 Å². The maximum absolute atomic E-state index is 12.3. The minimum Gasteiger partial charge on any atom is -0.364 e. The van der Waals surface area contributed by atoms with Gasteiger partial charge in [0.15, 0.2) is 0 Å². The van der Waals surface area contributed by atoms with Crippen molar-refractivity contribution in [2.45, 2.75) is 50.7 Å². The Morgan fingerprint density at radius 2 is 2.33 bits per heavy atom. The average Bonchev–Trinajstić information content (AvgIpc) is 3.35. The number of hydroxylamine groups is 1. The van der Waals surface area contributed by atoms with Crippen LogP contribution in [0.2, 0.25) is 0 Å². The summed E-state index contributed by atoms with van der Waals surface area (Å²) in [6.45, 7) is 2.98. The maximum atomic E-state index is 12.3. The van der Waals surface area contributed by atoms with Crippen molar-refractivity contribution in [1.82, 2.24) is 21.4 Å². The van der Waals surface area contributed by atoms with Crippen molar-refractivity contribution in [1.29, 1.82) is 0 Å². The maximum Gasteiger partial charge on any atom is 0.240 e. The molecule has 2 fully saturated rings. The van der Waals surface area contributed by atoms with Gasteiger partial charge in [0, 0.05) is 0 Å². The summed E-state index contributed by atoms with van der Waals surface area (Å²) in [6.07, 6.45) is 2.91. The SMILES string of the molecule is CCC1NC(c2ccc3c(c2)CC[C@H]3NC(=O)C2COCN2)NO1. The summed E-state index contributed by atoms with van der Waals surface area (Å²) in [7, 11) is 0. The Morgan fingerprint density at radius 3 is 3.08 bits per heavy atom. The van der Waals surface area contributed by atoms with E-state index in [4.69, 9.17) is 9.57 Å². The van der Waals surface area contributed by atoms with Gasteiger partial charge in [0.05, 0.1) is 19.4 Å². The number of nitrogens with one attached hydrogen (secondary N) is 4. The van der Waals surface area contributed by atoms with Crippen molar-refractivity contribution in [2.24, 2.45) is 0 Å². The van der Waals surface area contributed by atoms with Crippen LogP contribution in [0.4, 0.5) is 0 Å². The van der Waals surface area contributed by atoms with Gasteiger partial charge in [0.1, 0.15) is 18.4 Å². The Kier molecular flexibility index (Phi) is 4.51. The zero-order valence-electron chi connectivity index (χ0n) is 13.8. The Hall–Kier alpha value is -1.51. The number of ether oxygens (including phenoxy) is 1. The van der Waals surface area contributed by atoms with Crippen LogP contribution >= 0.6 is 0 Å². The Morgan fingerprint density at radius 1 is 1.42 bits per heavy atom. The zero-order chi connectivity index (χ0) is 16.5. The molecule has 3 unspecified atom stereocenters. The molecule has 4 N–H and O–H groups in total. The van der Waals surface area contributed by atoms with Crippen molar-refractivity contribution in [3.8, 4) is 0 Å². The smallest absolute Gasteiger partial charge is 0.240 e. The van der Waals surface area contributed by atoms with E-state index in [2.05, 4.69) is 46.6 Å². The first-order chi connectivity index (χ1) is 11.7. The van der Waals surface area contributed by atoms with Gasteiger partial charge >= 0.3 is 0 Å². The Labute approximate surface area is 141 Å². The largest absolute Gasteiger partial charge is 0.364 e. The number of rotatable bonds is 4. The Balaban J connectivity index is 1.43. The number of carbonyl (C=O) groups is 1. The highest BCUT2D eigenvalue weighted by Gasteiger charge is 2.30. The van der Waals surface area contributed by atoms with Crippen LogP contribution in [0.1, 0.15) is 48.7 Å². The number of aryl methyl sites for hydroxylation is 1. The minimum atomic E-state index is -0.233. The van der Waals surface area contributed by atoms with Gasteiger partial charge in [-0.15, -0.1) is 0 Å². The number of benzene rings is 1. The second-order valence-electron chi connectivity index (χ2n) is 6.56. The van der Waals surface area contributed by atoms with Crippen molar-refractivity contribution >= 4 is 5.91 Å². The van der Waals surface area contributed by atoms with Crippen molar-refractivity contribution in [2.75, 3.05) is 13.3 Å². The fourth-order valence-electron chi connectivity index (χ4n) is 3.57. The van der Waals surface area contributed by atoms with Gasteiger partial charge in [-0.3, -0.25) is 20.3 Å². The molecule has 0 spiro atoms. The molecule has 7 nitrogen and oxygen atoms in total. The predicted octanol–water partition coefficient (Wildman–Crippen LogP) is 0.595. The molecule has 130 valence electrons. The number of fused-ring (bicyclic) bond motifs is 1. The lowest BCUT2D eigenvalue weighted by Gasteiger charge is -2.18. The summed E-state index contributed by atoms with van der Waals surface area (Å²) >= 11 is 0. The normalized spacial score (nSPS) is 32.0. The van der Waals surface area contributed by atoms with Crippen molar-refractivity contribution in [3.05, 3.63) is 34.9 Å². The third-order valence-corrected chi connectivity index (χ3v) is 4.98. The highest BCUT2D eigenvalue weighted by atomic mass is 16.7. The van der Waals surface area contributed by atoms with Crippen LogP contribution in [-0.4, -0.2) is 31.5 Å². The Bertz CT molecular complexity index is 618. The van der Waals surface area contributed by atoms with Crippen LogP contribution < -0.4 is 21.4 Å². The number of hydrogen-bond donors (Lipinski definition) is 4. The van der Waals surface area contributed by atoms with Gasteiger partial charge < -0.3 is 10.1 Å². The van der Waals surface area contributed by atoms with E-state index in [-0.39, 0.29) is 30.4 Å². The molecule has 7 heteroatoms. The van der Waals surface area contributed by atoms with Crippen LogP contribution in [0.3, 0.4) is 0 Å². The molecule has 0 aromatic heterocycles. The quantitative estimate of drug-likeness (QED) is 0.646. The highest BCUT2D eigenvalue weighted by Crippen LogP contribution is 2.33. The molecule has 4 atom stereocenters. The van der Waals surface area contributed by atoms with E-state index in [9.17, 15) is 4.79 Å². The predicted molar refractivity (Wildman–Crippen MR) is 87.6 cm³/mol. The minimum absolute atomic E-state index is 0.0211. The van der Waals surface area contributed by atoms with E-state index in [1.54, 1.807) is 0 Å². The van der Waals surface area contributed by atoms with Crippen molar-refractivity contribution < 1.29 is 14.4 Å². The molecule has 1 aromatic carbocycles. The molecule has 24 heavy (non-hydrogen) atoms. The van der Waals surface area contributed by atoms with Gasteiger partial charge in [-0.2, -0.15) is 5.48 Å². The van der Waals surface area contributed by atoms with E-state index in [1.807, 2.05) is 0 Å². The molecule has 2 aliphatic heterocycles. The van der Waals surface area contributed by atoms with E-state index in [0.29, 0.717) is 13.3 Å². The third-order valence-electron chi connectivity index (χ3n) is 4.98. The van der Waals surface area contributed by atoms with Crippen LogP contribution in [0, 0.1) is 0 Å². The highest BCUT2D eigenvalue weighted by molar-refractivity contribution is 5.82. The molecule has 3 aliphatic rings. The van der Waals surface area contributed by atoms with Crippen LogP contribution in [0.15, 0.2) is 18.2 Å². The topological polar surface area (TPSA) is 83.7 Å². The number of hydrogen-bond acceptors (Lipinski definition) is 6. The number of amides is 1. The van der Waals surface area contributed by atoms with Gasteiger partial charge in [-0.1, -0.05) is 25.1 Å². The standard InChI is InChI=1S/C17H24N4O3/c1-2-15-20-16(21-24-15)11-3-5-12-10(7-11)4-6-13(12)19-17(22)14-8-23-9-18-14/h3,5,7,13-16,18,20-21H,2,4,6,8-9H2,1H3,(H,19,22)/t13-,14?,15?,16?/m1/s1. The molecule has 0 radical (unpaired) electrons. The molecule has 1 aliphatic carbocycles. The second-order valence-corrected chi connectivity index (χ2v) is 6.56. The first-order valence-electron chi connectivity index (χ1n) is 8.66. The first-order valence-corrected chi connectivity index (χ1v) is 8.66. The molecule has 4 rings (SSSR count). The monoisotopic (exact) mass is 332 g/mol. The zero-order valence-corrected chi connectivity index (χ0v) is 13.8. The molecule has 0 saturated carbocycles. The molecular formula is C17H24N4O3. The molecule has 0 bridgehead atoms. The second kappa shape index (κ2) is 6.78. The molecule has 2 saturated heterocycles. The van der Waals surface area contributed by atoms with Crippen molar-refractivity contribution in [3.63, 3.8) is 0 Å². The van der Waals surface area contributed by atoms with Crippen LogP contribution in [0.25, 0.3) is 0 Å². The third kappa shape index (κ3) is 3.05. The summed E-state index contributed by atoms with van der Waals surface area (Å²) in [4.78, 5) is 17.7. The van der Waals surface area contributed by atoms with Crippen LogP contribution in [-0.2, 0) is 20.8 Å². The summed E-state index contributed by atoms with van der Waals surface area (Å²) in [6, 6.07) is 6.30. The average molecular weight is 332 g/mol. The number of carbonyl (C=O) groups excluding carboxylic acids is 1. The van der Waals surface area contributed by atoms with Gasteiger partial charge in [-0.25, -0.2) is 0 Å². The molecule has 1 amide bonds. The fourth-order valence-corrected chi connectivity index (χ4v) is 3.57. The van der Waals surface area contributed by atoms with E-state index >= 15 is 0 Å². The molecular weight excluding hydrogens is 308 g/mol. The van der Waals surface area contributed by atoms with E-state index < -0.39 is 0 Å². The lowest BCUT2D eigenvalue weighted by atomic mass is 10.0. The fraction of sp³-hybridized carbons (Fsp3) is 0.588. The summed E-state index contributed by atoms with van der Waals surface area (Å²) in [5.74, 6) is 0.0211. The summed E-state index contributed by atoms with van der Waals surface area (Å²) in [5.41, 5.74) is 6.73. The summed E-state index contributed by atoms with van der Waals surface area (Å²) in [5, 5.41) is 9.59. The first kappa shape index (κ1) is 16.0. The summed E-state index contributed by atoms with van der Waals surface area (Å²) < 4.78 is 5.21. The van der Waals surface area contributed by atoms with Gasteiger partial charge in [0.25, 0.3) is 0 Å². The lowest BCUT2D eigenvalue weighted by Crippen LogP contribution is -2.43. The molecule has 2 heterocycles. The molecule has 1 aromatic rings.